The van der Waals surface area contributed by atoms with Crippen LogP contribution in [0, 0.1) is 0 Å². The molecule has 5 heteroatoms. The van der Waals surface area contributed by atoms with Crippen molar-refractivity contribution in [3.63, 3.8) is 0 Å². The van der Waals surface area contributed by atoms with Gasteiger partial charge in [-0.2, -0.15) is 0 Å². The Bertz CT molecular complexity index is 1020. The molecular weight excluding hydrogens is 404 g/mol. The number of benzene rings is 2. The molecule has 4 nitrogen and oxygen atoms in total. The van der Waals surface area contributed by atoms with E-state index < -0.39 is 6.04 Å². The molecule has 0 radical (unpaired) electrons. The predicted molar refractivity (Wildman–Crippen MR) is 131 cm³/mol. The molecule has 2 aromatic carbocycles. The van der Waals surface area contributed by atoms with Crippen molar-refractivity contribution in [3.8, 4) is 5.75 Å². The van der Waals surface area contributed by atoms with Gasteiger partial charge in [0, 0.05) is 5.57 Å². The van der Waals surface area contributed by atoms with Gasteiger partial charge >= 0.3 is 0 Å². The van der Waals surface area contributed by atoms with Crippen molar-refractivity contribution in [1.29, 1.82) is 0 Å². The van der Waals surface area contributed by atoms with Gasteiger partial charge in [0.25, 0.3) is 0 Å². The van der Waals surface area contributed by atoms with Crippen LogP contribution >= 0.6 is 12.2 Å². The zero-order chi connectivity index (χ0) is 23.1. The van der Waals surface area contributed by atoms with E-state index in [1.54, 1.807) is 6.92 Å². The summed E-state index contributed by atoms with van der Waals surface area (Å²) in [5.41, 5.74) is 4.35. The fourth-order valence-corrected chi connectivity index (χ4v) is 4.21. The lowest BCUT2D eigenvalue weighted by atomic mass is 9.76. The number of phenols is 1. The molecule has 0 bridgehead atoms. The van der Waals surface area contributed by atoms with E-state index in [0.717, 1.165) is 28.0 Å². The molecule has 3 N–H and O–H groups in total. The standard InChI is InChI=1S/C26H32N2O2S/c1-15(29)20-21(16-11-9-8-10-12-16)27-24(31)28-22(20)17-13-18(25(2,3)4)23(30)19(14-17)26(5,6)7/h8-14,22,30H,1-7H3,(H2,27,28,31)/t22-/m0/s1. The van der Waals surface area contributed by atoms with Crippen molar-refractivity contribution >= 4 is 28.8 Å². The highest BCUT2D eigenvalue weighted by Gasteiger charge is 2.33. The first-order chi connectivity index (χ1) is 14.3. The van der Waals surface area contributed by atoms with Crippen molar-refractivity contribution in [2.45, 2.75) is 65.3 Å². The number of rotatable bonds is 3. The summed E-state index contributed by atoms with van der Waals surface area (Å²) in [6, 6.07) is 13.4. The Hall–Kier alpha value is -2.66. The molecule has 3 rings (SSSR count). The van der Waals surface area contributed by atoms with Gasteiger partial charge < -0.3 is 15.7 Å². The van der Waals surface area contributed by atoms with Crippen LogP contribution in [-0.2, 0) is 15.6 Å². The van der Waals surface area contributed by atoms with Crippen LogP contribution in [0.15, 0.2) is 48.0 Å². The van der Waals surface area contributed by atoms with E-state index in [1.165, 1.54) is 0 Å². The van der Waals surface area contributed by atoms with Gasteiger partial charge in [0.15, 0.2) is 10.9 Å². The molecular formula is C26H32N2O2S. The molecule has 0 amide bonds. The van der Waals surface area contributed by atoms with E-state index in [1.807, 2.05) is 42.5 Å². The highest BCUT2D eigenvalue weighted by Crippen LogP contribution is 2.42. The van der Waals surface area contributed by atoms with Gasteiger partial charge in [-0.1, -0.05) is 71.9 Å². The fourth-order valence-electron chi connectivity index (χ4n) is 3.99. The van der Waals surface area contributed by atoms with Gasteiger partial charge in [0.2, 0.25) is 0 Å². The number of phenolic OH excluding ortho intramolecular Hbond substituents is 1. The zero-order valence-corrected chi connectivity index (χ0v) is 20.2. The quantitative estimate of drug-likeness (QED) is 0.554. The smallest absolute Gasteiger partial charge is 0.171 e. The van der Waals surface area contributed by atoms with Crippen LogP contribution in [0.4, 0.5) is 0 Å². The lowest BCUT2D eigenvalue weighted by molar-refractivity contribution is -0.113. The number of carbonyl (C=O) groups is 1. The van der Waals surface area contributed by atoms with Gasteiger partial charge in [0.05, 0.1) is 11.7 Å². The molecule has 0 unspecified atom stereocenters. The summed E-state index contributed by atoms with van der Waals surface area (Å²) in [7, 11) is 0. The number of nitrogens with one attached hydrogen (secondary N) is 2. The Kier molecular flexibility index (Phi) is 6.03. The van der Waals surface area contributed by atoms with E-state index in [0.29, 0.717) is 16.4 Å². The highest BCUT2D eigenvalue weighted by atomic mass is 32.1. The zero-order valence-electron chi connectivity index (χ0n) is 19.4. The van der Waals surface area contributed by atoms with E-state index >= 15 is 0 Å². The third-order valence-electron chi connectivity index (χ3n) is 5.60. The minimum absolute atomic E-state index is 0.0333. The second kappa shape index (κ2) is 8.12. The first kappa shape index (κ1) is 23.0. The first-order valence-corrected chi connectivity index (χ1v) is 11.0. The summed E-state index contributed by atoms with van der Waals surface area (Å²) in [6.07, 6.45) is 0. The fraction of sp³-hybridized carbons (Fsp3) is 0.385. The summed E-state index contributed by atoms with van der Waals surface area (Å²) in [5.74, 6) is 0.283. The topological polar surface area (TPSA) is 61.4 Å². The Balaban J connectivity index is 2.32. The van der Waals surface area contributed by atoms with Gasteiger partial charge in [-0.05, 0) is 64.4 Å². The summed E-state index contributed by atoms with van der Waals surface area (Å²) < 4.78 is 0. The largest absolute Gasteiger partial charge is 0.507 e. The molecule has 0 aliphatic carbocycles. The lowest BCUT2D eigenvalue weighted by Gasteiger charge is -2.34. The summed E-state index contributed by atoms with van der Waals surface area (Å²) in [5, 5.41) is 18.1. The minimum Gasteiger partial charge on any atom is -0.507 e. The number of thiocarbonyl (C=S) groups is 1. The maximum atomic E-state index is 12.9. The summed E-state index contributed by atoms with van der Waals surface area (Å²) in [6.45, 7) is 14.1. The molecule has 1 heterocycles. The van der Waals surface area contributed by atoms with Crippen molar-refractivity contribution in [2.75, 3.05) is 0 Å². The molecule has 0 aromatic heterocycles. The predicted octanol–water partition coefficient (Wildman–Crippen LogP) is 5.51. The van der Waals surface area contributed by atoms with Crippen LogP contribution in [0.2, 0.25) is 0 Å². The minimum atomic E-state index is -0.413. The Morgan fingerprint density at radius 2 is 1.48 bits per heavy atom. The second-order valence-electron chi connectivity index (χ2n) is 10.2. The monoisotopic (exact) mass is 436 g/mol. The molecule has 1 atom stereocenters. The van der Waals surface area contributed by atoms with Crippen LogP contribution in [-0.4, -0.2) is 16.0 Å². The van der Waals surface area contributed by atoms with Crippen molar-refractivity contribution < 1.29 is 9.90 Å². The molecule has 0 saturated carbocycles. The van der Waals surface area contributed by atoms with Crippen LogP contribution in [0.1, 0.15) is 76.8 Å². The molecule has 1 aliphatic rings. The lowest BCUT2D eigenvalue weighted by Crippen LogP contribution is -2.44. The van der Waals surface area contributed by atoms with Gasteiger partial charge in [-0.3, -0.25) is 4.79 Å². The third kappa shape index (κ3) is 4.67. The number of hydrogen-bond acceptors (Lipinski definition) is 3. The second-order valence-corrected chi connectivity index (χ2v) is 10.6. The van der Waals surface area contributed by atoms with Crippen molar-refractivity contribution in [3.05, 3.63) is 70.3 Å². The molecule has 0 spiro atoms. The van der Waals surface area contributed by atoms with Crippen LogP contribution in [0.3, 0.4) is 0 Å². The molecule has 164 valence electrons. The highest BCUT2D eigenvalue weighted by molar-refractivity contribution is 7.80. The van der Waals surface area contributed by atoms with Crippen LogP contribution in [0.5, 0.6) is 5.75 Å². The SMILES string of the molecule is CC(=O)C1=C(c2ccccc2)NC(=S)N[C@H]1c1cc(C(C)(C)C)c(O)c(C(C)(C)C)c1. The molecule has 2 aromatic rings. The average Bonchev–Trinajstić information content (AvgIpc) is 2.66. The maximum absolute atomic E-state index is 12.9. The third-order valence-corrected chi connectivity index (χ3v) is 5.82. The number of Topliss-reactive ketones (excluding diaryl/α,β-unsaturated/α-hetero) is 1. The van der Waals surface area contributed by atoms with Crippen molar-refractivity contribution in [2.24, 2.45) is 0 Å². The normalized spacial score (nSPS) is 17.3. The number of ketones is 1. The summed E-state index contributed by atoms with van der Waals surface area (Å²) >= 11 is 5.52. The molecule has 0 saturated heterocycles. The Labute approximate surface area is 190 Å². The van der Waals surface area contributed by atoms with E-state index in [9.17, 15) is 9.90 Å². The Morgan fingerprint density at radius 1 is 0.968 bits per heavy atom. The first-order valence-electron chi connectivity index (χ1n) is 10.6. The van der Waals surface area contributed by atoms with Gasteiger partial charge in [-0.25, -0.2) is 0 Å². The van der Waals surface area contributed by atoms with E-state index in [4.69, 9.17) is 12.2 Å². The number of hydrogen-bond donors (Lipinski definition) is 3. The van der Waals surface area contributed by atoms with Crippen LogP contribution in [0.25, 0.3) is 5.70 Å². The average molecular weight is 437 g/mol. The Morgan fingerprint density at radius 3 is 1.94 bits per heavy atom. The number of aromatic hydroxyl groups is 1. The van der Waals surface area contributed by atoms with Gasteiger partial charge in [0.1, 0.15) is 5.75 Å². The van der Waals surface area contributed by atoms with E-state index in [-0.39, 0.29) is 16.6 Å². The van der Waals surface area contributed by atoms with Crippen molar-refractivity contribution in [1.82, 2.24) is 10.6 Å². The van der Waals surface area contributed by atoms with Gasteiger partial charge in [-0.15, -0.1) is 0 Å². The number of carbonyl (C=O) groups excluding carboxylic acids is 1. The van der Waals surface area contributed by atoms with E-state index in [2.05, 4.69) is 52.2 Å². The maximum Gasteiger partial charge on any atom is 0.171 e. The molecule has 1 aliphatic heterocycles. The van der Waals surface area contributed by atoms with Crippen LogP contribution < -0.4 is 10.6 Å². The summed E-state index contributed by atoms with van der Waals surface area (Å²) in [4.78, 5) is 12.9. The molecule has 31 heavy (non-hydrogen) atoms. The molecule has 0 fully saturated rings.